The number of carbonyl (C=O) groups is 2. The molecule has 6 nitrogen and oxygen atoms in total. The molecule has 1 fully saturated rings. The SMILES string of the molecule is CC1(CC(=O)O)CN(c2ccc(C#N)cc2)C(=O)O1. The highest BCUT2D eigenvalue weighted by atomic mass is 16.6. The van der Waals surface area contributed by atoms with E-state index in [-0.39, 0.29) is 13.0 Å². The molecular weight excluding hydrogens is 248 g/mol. The van der Waals surface area contributed by atoms with Crippen LogP contribution in [0.3, 0.4) is 0 Å². The number of hydrogen-bond donors (Lipinski definition) is 1. The highest BCUT2D eigenvalue weighted by Gasteiger charge is 2.43. The average molecular weight is 260 g/mol. The first-order chi connectivity index (χ1) is 8.93. The van der Waals surface area contributed by atoms with Gasteiger partial charge in [-0.2, -0.15) is 5.26 Å². The molecule has 19 heavy (non-hydrogen) atoms. The van der Waals surface area contributed by atoms with Crippen LogP contribution in [0.2, 0.25) is 0 Å². The first kappa shape index (κ1) is 12.9. The number of cyclic esters (lactones) is 1. The summed E-state index contributed by atoms with van der Waals surface area (Å²) < 4.78 is 5.12. The quantitative estimate of drug-likeness (QED) is 0.893. The van der Waals surface area contributed by atoms with Crippen LogP contribution < -0.4 is 4.90 Å². The minimum atomic E-state index is -1.03. The fourth-order valence-corrected chi connectivity index (χ4v) is 2.02. The standard InChI is InChI=1S/C13H12N2O4/c1-13(6-11(16)17)8-15(12(18)19-13)10-4-2-9(7-14)3-5-10/h2-5H,6,8H2,1H3,(H,16,17). The molecule has 1 aliphatic rings. The van der Waals surface area contributed by atoms with E-state index in [1.807, 2.05) is 6.07 Å². The summed E-state index contributed by atoms with van der Waals surface area (Å²) in [4.78, 5) is 23.9. The van der Waals surface area contributed by atoms with Crippen molar-refractivity contribution in [1.82, 2.24) is 0 Å². The highest BCUT2D eigenvalue weighted by molar-refractivity contribution is 5.90. The lowest BCUT2D eigenvalue weighted by Gasteiger charge is -2.19. The second kappa shape index (κ2) is 4.61. The van der Waals surface area contributed by atoms with Gasteiger partial charge in [-0.1, -0.05) is 0 Å². The zero-order valence-corrected chi connectivity index (χ0v) is 10.3. The normalized spacial score (nSPS) is 21.9. The fraction of sp³-hybridized carbons (Fsp3) is 0.308. The predicted molar refractivity (Wildman–Crippen MR) is 65.6 cm³/mol. The van der Waals surface area contributed by atoms with Crippen LogP contribution in [0.4, 0.5) is 10.5 Å². The van der Waals surface area contributed by atoms with E-state index in [0.29, 0.717) is 11.3 Å². The first-order valence-electron chi connectivity index (χ1n) is 5.66. The Morgan fingerprint density at radius 2 is 2.16 bits per heavy atom. The Kier molecular flexibility index (Phi) is 3.13. The number of rotatable bonds is 3. The summed E-state index contributed by atoms with van der Waals surface area (Å²) in [5, 5.41) is 17.5. The number of nitriles is 1. The van der Waals surface area contributed by atoms with Crippen molar-refractivity contribution < 1.29 is 19.4 Å². The Bertz CT molecular complexity index is 561. The number of carboxylic acids is 1. The van der Waals surface area contributed by atoms with Crippen molar-refractivity contribution in [3.63, 3.8) is 0 Å². The summed E-state index contributed by atoms with van der Waals surface area (Å²) in [6.07, 6.45) is -0.820. The fourth-order valence-electron chi connectivity index (χ4n) is 2.02. The van der Waals surface area contributed by atoms with Crippen LogP contribution in [-0.2, 0) is 9.53 Å². The third-order valence-electron chi connectivity index (χ3n) is 2.88. The van der Waals surface area contributed by atoms with Gasteiger partial charge < -0.3 is 9.84 Å². The van der Waals surface area contributed by atoms with E-state index >= 15 is 0 Å². The van der Waals surface area contributed by atoms with Gasteiger partial charge in [0.05, 0.1) is 24.6 Å². The van der Waals surface area contributed by atoms with Gasteiger partial charge in [-0.15, -0.1) is 0 Å². The number of carboxylic acid groups (broad SMARTS) is 1. The van der Waals surface area contributed by atoms with E-state index in [1.165, 1.54) is 4.90 Å². The molecule has 1 N–H and O–H groups in total. The number of benzene rings is 1. The lowest BCUT2D eigenvalue weighted by Crippen LogP contribution is -2.33. The molecule has 1 unspecified atom stereocenters. The summed E-state index contributed by atoms with van der Waals surface area (Å²) >= 11 is 0. The molecule has 6 heteroatoms. The molecule has 1 heterocycles. The molecule has 1 aromatic rings. The second-order valence-corrected chi connectivity index (χ2v) is 4.63. The number of ether oxygens (including phenoxy) is 1. The van der Waals surface area contributed by atoms with E-state index in [1.54, 1.807) is 31.2 Å². The van der Waals surface area contributed by atoms with E-state index in [9.17, 15) is 9.59 Å². The molecule has 1 aromatic carbocycles. The van der Waals surface area contributed by atoms with E-state index < -0.39 is 17.7 Å². The van der Waals surface area contributed by atoms with Gasteiger partial charge in [0.15, 0.2) is 0 Å². The molecule has 1 atom stereocenters. The smallest absolute Gasteiger partial charge is 0.415 e. The Labute approximate surface area is 109 Å². The van der Waals surface area contributed by atoms with Crippen molar-refractivity contribution in [3.8, 4) is 6.07 Å². The third kappa shape index (κ3) is 2.65. The lowest BCUT2D eigenvalue weighted by atomic mass is 10.0. The molecule has 1 amide bonds. The zero-order chi connectivity index (χ0) is 14.0. The molecule has 1 aliphatic heterocycles. The van der Waals surface area contributed by atoms with Crippen molar-refractivity contribution in [2.75, 3.05) is 11.4 Å². The predicted octanol–water partition coefficient (Wildman–Crippen LogP) is 1.75. The summed E-state index contributed by atoms with van der Waals surface area (Å²) in [5.74, 6) is -1.02. The number of amides is 1. The maximum absolute atomic E-state index is 11.8. The summed E-state index contributed by atoms with van der Waals surface area (Å²) in [6.45, 7) is 1.76. The first-order valence-corrected chi connectivity index (χ1v) is 5.66. The number of aliphatic carboxylic acids is 1. The molecule has 0 aliphatic carbocycles. The molecular formula is C13H12N2O4. The number of carbonyl (C=O) groups excluding carboxylic acids is 1. The van der Waals surface area contributed by atoms with Crippen molar-refractivity contribution in [2.45, 2.75) is 18.9 Å². The Balaban J connectivity index is 2.20. The monoisotopic (exact) mass is 260 g/mol. The number of nitrogens with zero attached hydrogens (tertiary/aromatic N) is 2. The minimum absolute atomic E-state index is 0.171. The largest absolute Gasteiger partial charge is 0.481 e. The van der Waals surface area contributed by atoms with Crippen LogP contribution in [0.1, 0.15) is 18.9 Å². The van der Waals surface area contributed by atoms with Crippen LogP contribution in [0, 0.1) is 11.3 Å². The second-order valence-electron chi connectivity index (χ2n) is 4.63. The Morgan fingerprint density at radius 3 is 2.68 bits per heavy atom. The topological polar surface area (TPSA) is 90.6 Å². The number of anilines is 1. The van der Waals surface area contributed by atoms with Gasteiger partial charge in [0.1, 0.15) is 5.60 Å². The summed E-state index contributed by atoms with van der Waals surface area (Å²) in [7, 11) is 0. The van der Waals surface area contributed by atoms with Crippen LogP contribution >= 0.6 is 0 Å². The lowest BCUT2D eigenvalue weighted by molar-refractivity contribution is -0.140. The van der Waals surface area contributed by atoms with E-state index in [2.05, 4.69) is 0 Å². The Hall–Kier alpha value is -2.55. The van der Waals surface area contributed by atoms with E-state index in [4.69, 9.17) is 15.1 Å². The van der Waals surface area contributed by atoms with E-state index in [0.717, 1.165) is 0 Å². The van der Waals surface area contributed by atoms with Gasteiger partial charge in [-0.25, -0.2) is 4.79 Å². The third-order valence-corrected chi connectivity index (χ3v) is 2.88. The van der Waals surface area contributed by atoms with Gasteiger partial charge in [0.2, 0.25) is 0 Å². The van der Waals surface area contributed by atoms with Gasteiger partial charge in [0.25, 0.3) is 0 Å². The van der Waals surface area contributed by atoms with Gasteiger partial charge in [0, 0.05) is 5.69 Å². The zero-order valence-electron chi connectivity index (χ0n) is 10.3. The molecule has 0 spiro atoms. The average Bonchev–Trinajstić information content (AvgIpc) is 2.63. The van der Waals surface area contributed by atoms with Crippen LogP contribution in [-0.4, -0.2) is 29.3 Å². The maximum Gasteiger partial charge on any atom is 0.415 e. The highest BCUT2D eigenvalue weighted by Crippen LogP contribution is 2.30. The molecule has 0 radical (unpaired) electrons. The van der Waals surface area contributed by atoms with Crippen molar-refractivity contribution >= 4 is 17.7 Å². The van der Waals surface area contributed by atoms with Crippen molar-refractivity contribution in [2.24, 2.45) is 0 Å². The van der Waals surface area contributed by atoms with Crippen molar-refractivity contribution in [1.29, 1.82) is 5.26 Å². The maximum atomic E-state index is 11.8. The Morgan fingerprint density at radius 1 is 1.53 bits per heavy atom. The molecule has 0 aromatic heterocycles. The van der Waals surface area contributed by atoms with Gasteiger partial charge in [-0.05, 0) is 31.2 Å². The molecule has 2 rings (SSSR count). The van der Waals surface area contributed by atoms with Gasteiger partial charge >= 0.3 is 12.1 Å². The minimum Gasteiger partial charge on any atom is -0.481 e. The van der Waals surface area contributed by atoms with Crippen LogP contribution in [0.15, 0.2) is 24.3 Å². The summed E-state index contributed by atoms with van der Waals surface area (Å²) in [6, 6.07) is 8.43. The van der Waals surface area contributed by atoms with Crippen LogP contribution in [0.25, 0.3) is 0 Å². The molecule has 98 valence electrons. The van der Waals surface area contributed by atoms with Crippen LogP contribution in [0.5, 0.6) is 0 Å². The molecule has 1 saturated heterocycles. The molecule has 0 bridgehead atoms. The van der Waals surface area contributed by atoms with Crippen molar-refractivity contribution in [3.05, 3.63) is 29.8 Å². The summed E-state index contributed by atoms with van der Waals surface area (Å²) in [5.41, 5.74) is 0.0410. The number of hydrogen-bond acceptors (Lipinski definition) is 4. The molecule has 0 saturated carbocycles. The van der Waals surface area contributed by atoms with Gasteiger partial charge in [-0.3, -0.25) is 9.69 Å².